The molecule has 7 heteroatoms. The maximum absolute atomic E-state index is 4.59. The maximum Gasteiger partial charge on any atom is 2.00 e. The molecule has 6 rings (SSSR count). The van der Waals surface area contributed by atoms with E-state index >= 15 is 0 Å². The fraction of sp³-hybridized carbons (Fsp3) is 0.182. The largest absolute Gasteiger partial charge is 2.00 e. The molecule has 0 aliphatic rings. The Kier molecular flexibility index (Phi) is 15.4. The van der Waals surface area contributed by atoms with E-state index in [1.54, 1.807) is 0 Å². The van der Waals surface area contributed by atoms with Gasteiger partial charge in [-0.1, -0.05) is 146 Å². The van der Waals surface area contributed by atoms with Crippen LogP contribution < -0.4 is 9.97 Å². The summed E-state index contributed by atoms with van der Waals surface area (Å²) in [7, 11) is 0. The van der Waals surface area contributed by atoms with Crippen LogP contribution in [0.3, 0.4) is 0 Å². The Morgan fingerprint density at radius 2 is 0.529 bits per heavy atom. The van der Waals surface area contributed by atoms with Crippen molar-refractivity contribution in [2.24, 2.45) is 20.0 Å². The van der Waals surface area contributed by atoms with Crippen molar-refractivity contribution in [3.05, 3.63) is 191 Å². The predicted molar refractivity (Wildman–Crippen MR) is 209 cm³/mol. The van der Waals surface area contributed by atoms with Crippen molar-refractivity contribution in [1.29, 1.82) is 0 Å². The monoisotopic (exact) mass is 720 g/mol. The van der Waals surface area contributed by atoms with Gasteiger partial charge in [0.05, 0.1) is 24.2 Å². The molecule has 0 saturated carbocycles. The third-order valence-electron chi connectivity index (χ3n) is 8.22. The number of aromatic nitrogens is 2. The van der Waals surface area contributed by atoms with Crippen LogP contribution in [0.1, 0.15) is 96.9 Å². The van der Waals surface area contributed by atoms with Gasteiger partial charge in [-0.05, 0) is 49.9 Å². The van der Waals surface area contributed by atoms with Crippen LogP contribution in [0.15, 0.2) is 166 Å². The molecule has 0 radical (unpaired) electrons. The van der Waals surface area contributed by atoms with Crippen molar-refractivity contribution < 1.29 is 19.5 Å². The molecule has 0 bridgehead atoms. The van der Waals surface area contributed by atoms with E-state index in [0.29, 0.717) is 0 Å². The Labute approximate surface area is 315 Å². The second-order valence-corrected chi connectivity index (χ2v) is 12.0. The van der Waals surface area contributed by atoms with Crippen LogP contribution in [-0.2, 0) is 19.5 Å². The third-order valence-corrected chi connectivity index (χ3v) is 8.22. The smallest absolute Gasteiger partial charge is 0.655 e. The molecule has 0 N–H and O–H groups in total. The second-order valence-electron chi connectivity index (χ2n) is 12.0. The van der Waals surface area contributed by atoms with E-state index in [1.165, 1.54) is 22.3 Å². The number of benzene rings is 4. The van der Waals surface area contributed by atoms with Crippen molar-refractivity contribution in [1.82, 2.24) is 9.97 Å². The zero-order valence-electron chi connectivity index (χ0n) is 29.9. The Bertz CT molecular complexity index is 1680. The zero-order chi connectivity index (χ0) is 35.0. The summed E-state index contributed by atoms with van der Waals surface area (Å²) in [6.07, 6.45) is 7.32. The zero-order valence-corrected chi connectivity index (χ0v) is 32.8. The summed E-state index contributed by atoms with van der Waals surface area (Å²) in [6, 6.07) is 49.4. The van der Waals surface area contributed by atoms with E-state index in [4.69, 9.17) is 0 Å². The molecule has 0 amide bonds. The molecule has 252 valence electrons. The Morgan fingerprint density at radius 3 is 0.725 bits per heavy atom. The predicted octanol–water partition coefficient (Wildman–Crippen LogP) is 10.0. The quantitative estimate of drug-likeness (QED) is 0.0932. The van der Waals surface area contributed by atoms with Crippen LogP contribution >= 0.6 is 0 Å². The van der Waals surface area contributed by atoms with Crippen molar-refractivity contribution in [3.63, 3.8) is 0 Å². The molecule has 0 spiro atoms. The molecule has 0 fully saturated rings. The van der Waals surface area contributed by atoms with Crippen LogP contribution in [0.2, 0.25) is 0 Å². The number of hydrogen-bond acceptors (Lipinski definition) is 4. The molecular formula is C44H44N6Zn. The van der Waals surface area contributed by atoms with Gasteiger partial charge >= 0.3 is 19.5 Å². The number of hydrogen-bond donors (Lipinski definition) is 0. The molecule has 6 aromatic rings. The van der Waals surface area contributed by atoms with E-state index in [1.807, 2.05) is 122 Å². The Hall–Kier alpha value is -5.26. The van der Waals surface area contributed by atoms with Crippen LogP contribution in [0.25, 0.3) is 0 Å². The van der Waals surface area contributed by atoms with Gasteiger partial charge < -0.3 is 9.97 Å². The van der Waals surface area contributed by atoms with Gasteiger partial charge in [-0.2, -0.15) is 0 Å². The molecular weight excluding hydrogens is 678 g/mol. The van der Waals surface area contributed by atoms with Crippen LogP contribution in [0, 0.1) is 0 Å². The summed E-state index contributed by atoms with van der Waals surface area (Å²) < 4.78 is 0. The molecule has 4 aromatic carbocycles. The molecule has 4 atom stereocenters. The van der Waals surface area contributed by atoms with Gasteiger partial charge in [0.25, 0.3) is 0 Å². The molecule has 2 heterocycles. The number of rotatable bonds is 12. The van der Waals surface area contributed by atoms with E-state index in [0.717, 1.165) is 22.8 Å². The first kappa shape index (κ1) is 38.5. The van der Waals surface area contributed by atoms with Gasteiger partial charge in [0.2, 0.25) is 0 Å². The fourth-order valence-electron chi connectivity index (χ4n) is 5.10. The van der Waals surface area contributed by atoms with Crippen LogP contribution in [-0.4, -0.2) is 24.9 Å². The molecule has 0 unspecified atom stereocenters. The van der Waals surface area contributed by atoms with Crippen molar-refractivity contribution >= 4 is 24.9 Å². The third kappa shape index (κ3) is 12.5. The summed E-state index contributed by atoms with van der Waals surface area (Å²) in [6.45, 7) is 8.33. The minimum absolute atomic E-state index is 0. The average Bonchev–Trinajstić information content (AvgIpc) is 3.85. The first-order chi connectivity index (χ1) is 24.4. The number of aliphatic imine (C=N–C) groups is 4. The summed E-state index contributed by atoms with van der Waals surface area (Å²) >= 11 is 0. The topological polar surface area (TPSA) is 77.6 Å². The molecule has 0 aliphatic carbocycles. The normalized spacial score (nSPS) is 13.9. The Morgan fingerprint density at radius 1 is 0.333 bits per heavy atom. The summed E-state index contributed by atoms with van der Waals surface area (Å²) in [5.74, 6) is 0. The van der Waals surface area contributed by atoms with Crippen molar-refractivity contribution in [3.8, 4) is 0 Å². The van der Waals surface area contributed by atoms with Gasteiger partial charge in [0.1, 0.15) is 0 Å². The van der Waals surface area contributed by atoms with E-state index in [2.05, 4.69) is 106 Å². The maximum atomic E-state index is 4.59. The SMILES string of the molecule is C[C@@H](N=Cc1ccc(C=N[C@H](C)c2ccccc2)[n-]1)c1ccccc1.C[C@@H](N=Cc1ccc(C=N[C@H](C)c2ccccc2)[n-]1)c1ccccc1.[Zn+2]. The van der Waals surface area contributed by atoms with Gasteiger partial charge in [-0.25, -0.2) is 0 Å². The van der Waals surface area contributed by atoms with Gasteiger partial charge in [-0.3, -0.25) is 20.0 Å². The average molecular weight is 722 g/mol. The molecule has 6 nitrogen and oxygen atoms in total. The first-order valence-corrected chi connectivity index (χ1v) is 17.0. The minimum Gasteiger partial charge on any atom is -0.655 e. The summed E-state index contributed by atoms with van der Waals surface area (Å²) in [5.41, 5.74) is 8.22. The van der Waals surface area contributed by atoms with Crippen molar-refractivity contribution in [2.75, 3.05) is 0 Å². The first-order valence-electron chi connectivity index (χ1n) is 17.0. The van der Waals surface area contributed by atoms with Gasteiger partial charge in [-0.15, -0.1) is 22.8 Å². The molecule has 0 saturated heterocycles. The van der Waals surface area contributed by atoms with E-state index in [-0.39, 0.29) is 43.6 Å². The summed E-state index contributed by atoms with van der Waals surface area (Å²) in [5, 5.41) is 0. The van der Waals surface area contributed by atoms with Crippen LogP contribution in [0.5, 0.6) is 0 Å². The van der Waals surface area contributed by atoms with Crippen LogP contribution in [0.4, 0.5) is 0 Å². The van der Waals surface area contributed by atoms with Gasteiger partial charge in [0, 0.05) is 24.9 Å². The minimum atomic E-state index is 0. The standard InChI is InChI=1S/2C22H22N3.Zn/c2*1-17(19-9-5-3-6-10-19)23-15-21-13-14-22(25-21)16-24-18(2)20-11-7-4-8-12-20;/h2*3-18H,1-2H3;/q2*-1;+2/t2*17-,18-;/m11./s1. The van der Waals surface area contributed by atoms with E-state index in [9.17, 15) is 0 Å². The molecule has 2 aromatic heterocycles. The number of nitrogens with zero attached hydrogens (tertiary/aromatic N) is 6. The van der Waals surface area contributed by atoms with Gasteiger partial charge in [0.15, 0.2) is 0 Å². The van der Waals surface area contributed by atoms with Crippen molar-refractivity contribution in [2.45, 2.75) is 51.9 Å². The van der Waals surface area contributed by atoms with E-state index < -0.39 is 0 Å². The summed E-state index contributed by atoms with van der Waals surface area (Å²) in [4.78, 5) is 27.4. The molecule has 51 heavy (non-hydrogen) atoms. The molecule has 0 aliphatic heterocycles. The second kappa shape index (κ2) is 20.4. The Balaban J connectivity index is 0.000000224. The fourth-order valence-corrected chi connectivity index (χ4v) is 5.10.